The molecule has 1 fully saturated rings. The van der Waals surface area contributed by atoms with Gasteiger partial charge in [-0.3, -0.25) is 9.59 Å². The Balaban J connectivity index is 2.44. The van der Waals surface area contributed by atoms with Crippen LogP contribution in [0.1, 0.15) is 32.1 Å². The summed E-state index contributed by atoms with van der Waals surface area (Å²) in [5, 5.41) is 8.70. The highest BCUT2D eigenvalue weighted by Crippen LogP contribution is 2.21. The Morgan fingerprint density at radius 3 is 2.89 bits per heavy atom. The molecule has 1 N–H and O–H groups in total. The molecule has 0 radical (unpaired) electrons. The van der Waals surface area contributed by atoms with Gasteiger partial charge in [-0.15, -0.1) is 6.58 Å². The molecule has 102 valence electrons. The Morgan fingerprint density at radius 1 is 1.44 bits per heavy atom. The molecule has 1 heterocycles. The second-order valence-corrected chi connectivity index (χ2v) is 4.47. The van der Waals surface area contributed by atoms with E-state index in [0.717, 1.165) is 19.3 Å². The van der Waals surface area contributed by atoms with Crippen LogP contribution in [0.4, 0.5) is 0 Å². The molecule has 1 atom stereocenters. The molecule has 0 bridgehead atoms. The first kappa shape index (κ1) is 14.7. The van der Waals surface area contributed by atoms with Crippen molar-refractivity contribution in [1.82, 2.24) is 4.90 Å². The summed E-state index contributed by atoms with van der Waals surface area (Å²) in [4.78, 5) is 24.3. The van der Waals surface area contributed by atoms with E-state index < -0.39 is 5.97 Å². The lowest BCUT2D eigenvalue weighted by Gasteiger charge is -2.35. The lowest BCUT2D eigenvalue weighted by molar-refractivity contribution is -0.142. The highest BCUT2D eigenvalue weighted by atomic mass is 16.5. The average molecular weight is 255 g/mol. The van der Waals surface area contributed by atoms with E-state index in [-0.39, 0.29) is 25.0 Å². The number of piperidine rings is 1. The maximum atomic E-state index is 11.9. The van der Waals surface area contributed by atoms with Crippen molar-refractivity contribution < 1.29 is 19.4 Å². The first-order valence-electron chi connectivity index (χ1n) is 6.35. The minimum Gasteiger partial charge on any atom is -0.481 e. The molecule has 5 heteroatoms. The predicted molar refractivity (Wildman–Crippen MR) is 67.2 cm³/mol. The number of amides is 1. The molecule has 1 aliphatic rings. The molecule has 1 rings (SSSR count). The van der Waals surface area contributed by atoms with Gasteiger partial charge in [0.1, 0.15) is 6.61 Å². The van der Waals surface area contributed by atoms with Crippen molar-refractivity contribution in [3.8, 4) is 0 Å². The molecule has 1 aliphatic heterocycles. The van der Waals surface area contributed by atoms with E-state index >= 15 is 0 Å². The van der Waals surface area contributed by atoms with Gasteiger partial charge >= 0.3 is 5.97 Å². The summed E-state index contributed by atoms with van der Waals surface area (Å²) in [6.07, 6.45) is 5.18. The monoisotopic (exact) mass is 255 g/mol. The zero-order valence-electron chi connectivity index (χ0n) is 10.6. The van der Waals surface area contributed by atoms with Gasteiger partial charge in [0.15, 0.2) is 0 Å². The fraction of sp³-hybridized carbons (Fsp3) is 0.692. The van der Waals surface area contributed by atoms with E-state index in [1.807, 2.05) is 0 Å². The molecule has 1 unspecified atom stereocenters. The van der Waals surface area contributed by atoms with E-state index in [4.69, 9.17) is 9.84 Å². The molecule has 5 nitrogen and oxygen atoms in total. The third-order valence-corrected chi connectivity index (χ3v) is 3.10. The number of likely N-dealkylation sites (tertiary alicyclic amines) is 1. The van der Waals surface area contributed by atoms with Gasteiger partial charge in [-0.05, 0) is 25.7 Å². The zero-order valence-corrected chi connectivity index (χ0v) is 10.6. The normalized spacial score (nSPS) is 19.6. The van der Waals surface area contributed by atoms with Gasteiger partial charge in [0.05, 0.1) is 6.61 Å². The number of nitrogens with zero attached hydrogens (tertiary/aromatic N) is 1. The van der Waals surface area contributed by atoms with E-state index in [0.29, 0.717) is 19.6 Å². The van der Waals surface area contributed by atoms with Crippen molar-refractivity contribution in [3.63, 3.8) is 0 Å². The third kappa shape index (κ3) is 4.87. The van der Waals surface area contributed by atoms with Gasteiger partial charge in [-0.25, -0.2) is 0 Å². The minimum absolute atomic E-state index is 0.0491. The van der Waals surface area contributed by atoms with Crippen LogP contribution in [0.15, 0.2) is 12.7 Å². The molecule has 0 aromatic rings. The molecule has 0 saturated carbocycles. The van der Waals surface area contributed by atoms with Gasteiger partial charge < -0.3 is 14.7 Å². The lowest BCUT2D eigenvalue weighted by atomic mass is 9.98. The smallest absolute Gasteiger partial charge is 0.303 e. The molecule has 1 amide bonds. The number of carbonyl (C=O) groups is 2. The summed E-state index contributed by atoms with van der Waals surface area (Å²) in [5.74, 6) is -0.859. The topological polar surface area (TPSA) is 66.8 Å². The fourth-order valence-corrected chi connectivity index (χ4v) is 2.23. The largest absolute Gasteiger partial charge is 0.481 e. The summed E-state index contributed by atoms with van der Waals surface area (Å²) in [7, 11) is 0. The van der Waals surface area contributed by atoms with Gasteiger partial charge in [-0.2, -0.15) is 0 Å². The zero-order chi connectivity index (χ0) is 13.4. The fourth-order valence-electron chi connectivity index (χ4n) is 2.23. The number of rotatable bonds is 7. The first-order chi connectivity index (χ1) is 8.65. The Morgan fingerprint density at radius 2 is 2.22 bits per heavy atom. The number of hydrogen-bond acceptors (Lipinski definition) is 3. The van der Waals surface area contributed by atoms with Gasteiger partial charge in [0, 0.05) is 19.0 Å². The van der Waals surface area contributed by atoms with E-state index in [1.54, 1.807) is 11.0 Å². The maximum absolute atomic E-state index is 11.9. The quantitative estimate of drug-likeness (QED) is 0.552. The highest BCUT2D eigenvalue weighted by Gasteiger charge is 2.26. The molecular formula is C13H21NO4. The number of hydrogen-bond donors (Lipinski definition) is 1. The van der Waals surface area contributed by atoms with Crippen LogP contribution in [-0.2, 0) is 14.3 Å². The van der Waals surface area contributed by atoms with Crippen LogP contribution in [-0.4, -0.2) is 47.7 Å². The standard InChI is InChI=1S/C13H21NO4/c1-2-9-18-10-12(15)14-8-4-3-5-11(14)6-7-13(16)17/h2,11H,1,3-10H2,(H,16,17). The summed E-state index contributed by atoms with van der Waals surface area (Å²) in [5.41, 5.74) is 0. The Labute approximate surface area is 107 Å². The second kappa shape index (κ2) is 7.87. The van der Waals surface area contributed by atoms with Crippen LogP contribution < -0.4 is 0 Å². The number of carboxylic acid groups (broad SMARTS) is 1. The van der Waals surface area contributed by atoms with Crippen molar-refractivity contribution in [2.24, 2.45) is 0 Å². The molecule has 0 aromatic heterocycles. The molecule has 0 spiro atoms. The summed E-state index contributed by atoms with van der Waals surface area (Å²) >= 11 is 0. The average Bonchev–Trinajstić information content (AvgIpc) is 2.37. The maximum Gasteiger partial charge on any atom is 0.303 e. The third-order valence-electron chi connectivity index (χ3n) is 3.10. The molecule has 0 aromatic carbocycles. The molecule has 0 aliphatic carbocycles. The van der Waals surface area contributed by atoms with Crippen LogP contribution in [0.5, 0.6) is 0 Å². The number of carbonyl (C=O) groups excluding carboxylic acids is 1. The van der Waals surface area contributed by atoms with Crippen molar-refractivity contribution in [3.05, 3.63) is 12.7 Å². The SMILES string of the molecule is C=CCOCC(=O)N1CCCCC1CCC(=O)O. The predicted octanol–water partition coefficient (Wildman–Crippen LogP) is 1.43. The van der Waals surface area contributed by atoms with Crippen LogP contribution in [0, 0.1) is 0 Å². The number of aliphatic carboxylic acids is 1. The minimum atomic E-state index is -0.809. The molecule has 1 saturated heterocycles. The van der Waals surface area contributed by atoms with Crippen LogP contribution in [0.25, 0.3) is 0 Å². The highest BCUT2D eigenvalue weighted by molar-refractivity contribution is 5.78. The van der Waals surface area contributed by atoms with Crippen molar-refractivity contribution in [2.45, 2.75) is 38.1 Å². The lowest BCUT2D eigenvalue weighted by Crippen LogP contribution is -2.45. The van der Waals surface area contributed by atoms with Gasteiger partial charge in [0.2, 0.25) is 5.91 Å². The van der Waals surface area contributed by atoms with Crippen LogP contribution >= 0.6 is 0 Å². The van der Waals surface area contributed by atoms with Gasteiger partial charge in [-0.1, -0.05) is 6.08 Å². The van der Waals surface area contributed by atoms with E-state index in [9.17, 15) is 9.59 Å². The van der Waals surface area contributed by atoms with E-state index in [2.05, 4.69) is 6.58 Å². The molecular weight excluding hydrogens is 234 g/mol. The second-order valence-electron chi connectivity index (χ2n) is 4.47. The summed E-state index contributed by atoms with van der Waals surface area (Å²) in [6, 6.07) is 0.0506. The van der Waals surface area contributed by atoms with Crippen molar-refractivity contribution in [1.29, 1.82) is 0 Å². The van der Waals surface area contributed by atoms with Crippen LogP contribution in [0.3, 0.4) is 0 Å². The number of carboxylic acids is 1. The Bertz CT molecular complexity index is 303. The van der Waals surface area contributed by atoms with Crippen molar-refractivity contribution >= 4 is 11.9 Å². The first-order valence-corrected chi connectivity index (χ1v) is 6.35. The Kier molecular flexibility index (Phi) is 6.43. The van der Waals surface area contributed by atoms with Crippen molar-refractivity contribution in [2.75, 3.05) is 19.8 Å². The van der Waals surface area contributed by atoms with E-state index in [1.165, 1.54) is 0 Å². The summed E-state index contributed by atoms with van der Waals surface area (Å²) in [6.45, 7) is 4.64. The van der Waals surface area contributed by atoms with Crippen LogP contribution in [0.2, 0.25) is 0 Å². The number of ether oxygens (including phenoxy) is 1. The van der Waals surface area contributed by atoms with Gasteiger partial charge in [0.25, 0.3) is 0 Å². The Hall–Kier alpha value is -1.36. The molecule has 18 heavy (non-hydrogen) atoms. The summed E-state index contributed by atoms with van der Waals surface area (Å²) < 4.78 is 5.15.